The maximum absolute atomic E-state index is 11.5. The molecule has 1 fully saturated rings. The van der Waals surface area contributed by atoms with E-state index in [0.717, 1.165) is 5.56 Å². The zero-order valence-electron chi connectivity index (χ0n) is 12.9. The first-order valence-electron chi connectivity index (χ1n) is 7.09. The Bertz CT molecular complexity index is 525. The van der Waals surface area contributed by atoms with Gasteiger partial charge in [0.1, 0.15) is 17.9 Å². The number of esters is 1. The van der Waals surface area contributed by atoms with Crippen molar-refractivity contribution < 1.29 is 14.3 Å². The average molecular weight is 312 g/mol. The van der Waals surface area contributed by atoms with Gasteiger partial charge < -0.3 is 14.8 Å². The van der Waals surface area contributed by atoms with Crippen molar-refractivity contribution in [3.63, 3.8) is 0 Å². The van der Waals surface area contributed by atoms with E-state index in [2.05, 4.69) is 26.1 Å². The van der Waals surface area contributed by atoms with E-state index < -0.39 is 0 Å². The monoisotopic (exact) mass is 311 g/mol. The number of hydrogen-bond donors (Lipinski definition) is 1. The minimum atomic E-state index is -0.298. The predicted octanol–water partition coefficient (Wildman–Crippen LogP) is 2.92. The van der Waals surface area contributed by atoms with Gasteiger partial charge in [-0.25, -0.2) is 0 Å². The second kappa shape index (κ2) is 6.24. The van der Waals surface area contributed by atoms with Crippen LogP contribution in [0.4, 0.5) is 0 Å². The fourth-order valence-corrected chi connectivity index (χ4v) is 2.58. The molecule has 0 aliphatic carbocycles. The number of hydrogen-bond acceptors (Lipinski definition) is 4. The first kappa shape index (κ1) is 16.1. The third-order valence-corrected chi connectivity index (χ3v) is 3.96. The van der Waals surface area contributed by atoms with E-state index in [1.165, 1.54) is 7.11 Å². The summed E-state index contributed by atoms with van der Waals surface area (Å²) in [4.78, 5) is 11.5. The van der Waals surface area contributed by atoms with E-state index >= 15 is 0 Å². The summed E-state index contributed by atoms with van der Waals surface area (Å²) < 4.78 is 10.6. The summed E-state index contributed by atoms with van der Waals surface area (Å²) in [5.74, 6) is 0.400. The highest BCUT2D eigenvalue weighted by molar-refractivity contribution is 6.32. The molecule has 0 radical (unpaired) electrons. The molecule has 5 heteroatoms. The topological polar surface area (TPSA) is 47.6 Å². The van der Waals surface area contributed by atoms with Gasteiger partial charge >= 0.3 is 5.97 Å². The van der Waals surface area contributed by atoms with Gasteiger partial charge in [0.15, 0.2) is 0 Å². The number of benzene rings is 1. The lowest BCUT2D eigenvalue weighted by Gasteiger charge is -2.21. The van der Waals surface area contributed by atoms with E-state index in [1.54, 1.807) is 0 Å². The van der Waals surface area contributed by atoms with E-state index in [9.17, 15) is 4.79 Å². The molecule has 1 heterocycles. The molecule has 21 heavy (non-hydrogen) atoms. The summed E-state index contributed by atoms with van der Waals surface area (Å²) in [6.45, 7) is 7.03. The van der Waals surface area contributed by atoms with Crippen molar-refractivity contribution in [1.82, 2.24) is 5.32 Å². The third-order valence-electron chi connectivity index (χ3n) is 3.67. The molecule has 1 saturated heterocycles. The highest BCUT2D eigenvalue weighted by Gasteiger charge is 2.31. The molecule has 2 atom stereocenters. The van der Waals surface area contributed by atoms with Crippen molar-refractivity contribution in [3.8, 4) is 5.75 Å². The van der Waals surface area contributed by atoms with Crippen LogP contribution < -0.4 is 10.1 Å². The van der Waals surface area contributed by atoms with Gasteiger partial charge in [-0.05, 0) is 23.1 Å². The van der Waals surface area contributed by atoms with Crippen LogP contribution in [0.5, 0.6) is 5.75 Å². The van der Waals surface area contributed by atoms with Crippen LogP contribution in [0, 0.1) is 0 Å². The highest BCUT2D eigenvalue weighted by atomic mass is 35.5. The summed E-state index contributed by atoms with van der Waals surface area (Å²) in [5, 5.41) is 3.69. The fourth-order valence-electron chi connectivity index (χ4n) is 2.36. The molecule has 0 amide bonds. The molecule has 0 aromatic heterocycles. The summed E-state index contributed by atoms with van der Waals surface area (Å²) in [5.41, 5.74) is 1.21. The number of halogens is 1. The molecular weight excluding hydrogens is 290 g/mol. The first-order chi connectivity index (χ1) is 9.81. The number of methoxy groups -OCH3 is 1. The zero-order valence-corrected chi connectivity index (χ0v) is 13.7. The molecule has 1 aromatic rings. The van der Waals surface area contributed by atoms with Gasteiger partial charge in [0.2, 0.25) is 0 Å². The molecule has 1 N–H and O–H groups in total. The summed E-state index contributed by atoms with van der Waals surface area (Å²) in [6, 6.07) is 5.57. The number of ether oxygens (including phenoxy) is 2. The Morgan fingerprint density at radius 1 is 1.38 bits per heavy atom. The molecular formula is C16H22ClNO3. The fraction of sp³-hybridized carbons (Fsp3) is 0.562. The van der Waals surface area contributed by atoms with Crippen LogP contribution in [0.2, 0.25) is 5.02 Å². The normalized spacial score (nSPS) is 22.1. The molecule has 1 aliphatic heterocycles. The van der Waals surface area contributed by atoms with Crippen LogP contribution in [-0.2, 0) is 14.9 Å². The van der Waals surface area contributed by atoms with E-state index in [-0.39, 0.29) is 23.5 Å². The summed E-state index contributed by atoms with van der Waals surface area (Å²) in [6.07, 6.45) is 0.511. The minimum absolute atomic E-state index is 0.0487. The first-order valence-corrected chi connectivity index (χ1v) is 7.47. The van der Waals surface area contributed by atoms with Gasteiger partial charge in [-0.15, -0.1) is 0 Å². The number of nitrogens with one attached hydrogen (secondary N) is 1. The van der Waals surface area contributed by atoms with Crippen LogP contribution >= 0.6 is 11.6 Å². The molecule has 2 rings (SSSR count). The Labute approximate surface area is 130 Å². The zero-order chi connectivity index (χ0) is 15.6. The van der Waals surface area contributed by atoms with Crippen molar-refractivity contribution in [2.24, 2.45) is 0 Å². The molecule has 0 bridgehead atoms. The largest absolute Gasteiger partial charge is 0.487 e. The Balaban J connectivity index is 2.03. The van der Waals surface area contributed by atoms with Gasteiger partial charge in [-0.1, -0.05) is 38.4 Å². The van der Waals surface area contributed by atoms with Gasteiger partial charge in [0.25, 0.3) is 0 Å². The summed E-state index contributed by atoms with van der Waals surface area (Å²) >= 11 is 6.30. The van der Waals surface area contributed by atoms with Gasteiger partial charge in [0.05, 0.1) is 12.1 Å². The second-order valence-corrected chi connectivity index (χ2v) is 6.76. The lowest BCUT2D eigenvalue weighted by molar-refractivity contribution is -0.142. The molecule has 0 spiro atoms. The van der Waals surface area contributed by atoms with E-state index in [4.69, 9.17) is 21.1 Å². The average Bonchev–Trinajstić information content (AvgIpc) is 2.87. The lowest BCUT2D eigenvalue weighted by atomic mass is 9.87. The maximum atomic E-state index is 11.5. The molecule has 4 nitrogen and oxygen atoms in total. The standard InChI is InChI=1S/C16H22ClNO3/c1-16(2,3)10-5-6-14(12(17)7-10)21-11-8-13(18-9-11)15(19)20-4/h5-7,11,13,18H,8-9H2,1-4H3. The predicted molar refractivity (Wildman–Crippen MR) is 83.0 cm³/mol. The maximum Gasteiger partial charge on any atom is 0.323 e. The molecule has 1 aromatic carbocycles. The van der Waals surface area contributed by atoms with Crippen molar-refractivity contribution in [2.45, 2.75) is 44.8 Å². The van der Waals surface area contributed by atoms with Crippen molar-refractivity contribution in [2.75, 3.05) is 13.7 Å². The number of carbonyl (C=O) groups excluding carboxylic acids is 1. The lowest BCUT2D eigenvalue weighted by Crippen LogP contribution is -2.31. The van der Waals surface area contributed by atoms with Crippen LogP contribution in [0.3, 0.4) is 0 Å². The van der Waals surface area contributed by atoms with Gasteiger partial charge in [0, 0.05) is 13.0 Å². The van der Waals surface area contributed by atoms with Crippen LogP contribution in [0.25, 0.3) is 0 Å². The van der Waals surface area contributed by atoms with Crippen LogP contribution in [0.1, 0.15) is 32.8 Å². The molecule has 1 aliphatic rings. The van der Waals surface area contributed by atoms with Crippen LogP contribution in [0.15, 0.2) is 18.2 Å². The number of rotatable bonds is 3. The smallest absolute Gasteiger partial charge is 0.323 e. The summed E-state index contributed by atoms with van der Waals surface area (Å²) in [7, 11) is 1.39. The Hall–Kier alpha value is -1.26. The van der Waals surface area contributed by atoms with Gasteiger partial charge in [-0.3, -0.25) is 4.79 Å². The van der Waals surface area contributed by atoms with Crippen molar-refractivity contribution in [3.05, 3.63) is 28.8 Å². The van der Waals surface area contributed by atoms with Crippen molar-refractivity contribution >= 4 is 17.6 Å². The SMILES string of the molecule is COC(=O)C1CC(Oc2ccc(C(C)(C)C)cc2Cl)CN1. The second-order valence-electron chi connectivity index (χ2n) is 6.35. The minimum Gasteiger partial charge on any atom is -0.487 e. The highest BCUT2D eigenvalue weighted by Crippen LogP contribution is 2.32. The third kappa shape index (κ3) is 3.89. The Morgan fingerprint density at radius 2 is 2.10 bits per heavy atom. The quantitative estimate of drug-likeness (QED) is 0.872. The van der Waals surface area contributed by atoms with E-state index in [0.29, 0.717) is 23.7 Å². The van der Waals surface area contributed by atoms with E-state index in [1.807, 2.05) is 18.2 Å². The van der Waals surface area contributed by atoms with Crippen molar-refractivity contribution in [1.29, 1.82) is 0 Å². The molecule has 116 valence electrons. The Kier molecular flexibility index (Phi) is 4.79. The van der Waals surface area contributed by atoms with Crippen LogP contribution in [-0.4, -0.2) is 31.8 Å². The number of carbonyl (C=O) groups is 1. The Morgan fingerprint density at radius 3 is 2.67 bits per heavy atom. The molecule has 2 unspecified atom stereocenters. The molecule has 0 saturated carbocycles. The van der Waals surface area contributed by atoms with Gasteiger partial charge in [-0.2, -0.15) is 0 Å².